The second-order valence-electron chi connectivity index (χ2n) is 5.86. The van der Waals surface area contributed by atoms with Crippen LogP contribution >= 0.6 is 24.0 Å². The van der Waals surface area contributed by atoms with Crippen LogP contribution in [0.15, 0.2) is 35.6 Å². The van der Waals surface area contributed by atoms with Crippen LogP contribution in [0, 0.1) is 0 Å². The number of aliphatic imine (C=N–C) groups is 1. The molecule has 0 amide bonds. The number of halogens is 1. The minimum atomic E-state index is 0. The Labute approximate surface area is 184 Å². The number of nitrogens with one attached hydrogen (secondary N) is 2. The Bertz CT molecular complexity index is 707. The number of hydrogen-bond acceptors (Lipinski definition) is 5. The van der Waals surface area contributed by atoms with Crippen molar-refractivity contribution in [3.63, 3.8) is 0 Å². The number of ether oxygens (including phenoxy) is 2. The highest BCUT2D eigenvalue weighted by Gasteiger charge is 2.02. The van der Waals surface area contributed by atoms with Crippen molar-refractivity contribution in [2.45, 2.75) is 33.2 Å². The number of aryl methyl sites for hydroxylation is 1. The Balaban J connectivity index is 0.00000392. The zero-order valence-electron chi connectivity index (χ0n) is 16.9. The summed E-state index contributed by atoms with van der Waals surface area (Å²) in [6.45, 7) is 7.81. The molecule has 28 heavy (non-hydrogen) atoms. The van der Waals surface area contributed by atoms with E-state index in [-0.39, 0.29) is 24.0 Å². The summed E-state index contributed by atoms with van der Waals surface area (Å²) in [5.74, 6) is 3.41. The van der Waals surface area contributed by atoms with E-state index in [1.54, 1.807) is 13.4 Å². The normalized spacial score (nSPS) is 10.9. The van der Waals surface area contributed by atoms with E-state index < -0.39 is 0 Å². The molecule has 2 rings (SSSR count). The zero-order chi connectivity index (χ0) is 19.3. The molecule has 1 heterocycles. The topological polar surface area (TPSA) is 85.6 Å². The third kappa shape index (κ3) is 8.32. The molecule has 156 valence electrons. The van der Waals surface area contributed by atoms with Gasteiger partial charge in [0.2, 0.25) is 0 Å². The van der Waals surface area contributed by atoms with Gasteiger partial charge in [-0.2, -0.15) is 0 Å². The molecular weight excluding hydrogens is 471 g/mol. The van der Waals surface area contributed by atoms with E-state index in [2.05, 4.69) is 44.2 Å². The number of rotatable bonds is 11. The summed E-state index contributed by atoms with van der Waals surface area (Å²) in [4.78, 5) is 4.59. The average Bonchev–Trinajstić information content (AvgIpc) is 3.15. The fourth-order valence-corrected chi connectivity index (χ4v) is 2.51. The highest BCUT2D eigenvalue weighted by molar-refractivity contribution is 14.0. The van der Waals surface area contributed by atoms with Crippen LogP contribution in [-0.2, 0) is 13.0 Å². The number of aromatic nitrogens is 3. The zero-order valence-corrected chi connectivity index (χ0v) is 19.2. The van der Waals surface area contributed by atoms with Gasteiger partial charge in [0.1, 0.15) is 23.7 Å². The molecule has 0 aliphatic heterocycles. The van der Waals surface area contributed by atoms with E-state index in [0.717, 1.165) is 55.8 Å². The number of nitrogens with zero attached hydrogens (tertiary/aromatic N) is 4. The Kier molecular flexibility index (Phi) is 12.0. The molecule has 0 fully saturated rings. The van der Waals surface area contributed by atoms with Crippen LogP contribution in [0.5, 0.6) is 11.5 Å². The van der Waals surface area contributed by atoms with Gasteiger partial charge in [-0.1, -0.05) is 13.0 Å². The molecule has 9 heteroatoms. The highest BCUT2D eigenvalue weighted by Crippen LogP contribution is 2.18. The minimum Gasteiger partial charge on any atom is -0.497 e. The quantitative estimate of drug-likeness (QED) is 0.213. The van der Waals surface area contributed by atoms with Gasteiger partial charge in [-0.15, -0.1) is 34.2 Å². The summed E-state index contributed by atoms with van der Waals surface area (Å²) in [5.41, 5.74) is 0. The van der Waals surface area contributed by atoms with Gasteiger partial charge in [-0.05, 0) is 19.1 Å². The second-order valence-corrected chi connectivity index (χ2v) is 5.86. The van der Waals surface area contributed by atoms with Crippen molar-refractivity contribution in [1.82, 2.24) is 25.4 Å². The smallest absolute Gasteiger partial charge is 0.191 e. The van der Waals surface area contributed by atoms with Crippen molar-refractivity contribution in [2.75, 3.05) is 33.4 Å². The van der Waals surface area contributed by atoms with E-state index in [9.17, 15) is 0 Å². The Morgan fingerprint density at radius 3 is 2.79 bits per heavy atom. The molecule has 0 atom stereocenters. The van der Waals surface area contributed by atoms with Crippen molar-refractivity contribution in [1.29, 1.82) is 0 Å². The van der Waals surface area contributed by atoms with Crippen LogP contribution < -0.4 is 20.1 Å². The molecule has 1 aromatic heterocycles. The molecular formula is C19H31IN6O2. The molecule has 0 aliphatic carbocycles. The second kappa shape index (κ2) is 14.0. The van der Waals surface area contributed by atoms with Crippen LogP contribution in [0.2, 0.25) is 0 Å². The first-order chi connectivity index (χ1) is 13.3. The van der Waals surface area contributed by atoms with E-state index in [1.165, 1.54) is 0 Å². The van der Waals surface area contributed by atoms with Crippen molar-refractivity contribution < 1.29 is 9.47 Å². The molecule has 2 N–H and O–H groups in total. The molecule has 0 saturated carbocycles. The SMILES string of the molecule is CCNC(=NCCCOc1cccc(OC)c1)NCCn1cnnc1CC.I. The number of hydrogen-bond donors (Lipinski definition) is 2. The molecule has 0 saturated heterocycles. The lowest BCUT2D eigenvalue weighted by Crippen LogP contribution is -2.39. The van der Waals surface area contributed by atoms with Crippen LogP contribution in [0.4, 0.5) is 0 Å². The number of guanidine groups is 1. The summed E-state index contributed by atoms with van der Waals surface area (Å²) in [5, 5.41) is 14.6. The van der Waals surface area contributed by atoms with Crippen molar-refractivity contribution in [3.8, 4) is 11.5 Å². The molecule has 0 spiro atoms. The predicted octanol–water partition coefficient (Wildman–Crippen LogP) is 2.49. The van der Waals surface area contributed by atoms with E-state index >= 15 is 0 Å². The van der Waals surface area contributed by atoms with Gasteiger partial charge in [0.05, 0.1) is 13.7 Å². The fourth-order valence-electron chi connectivity index (χ4n) is 2.51. The number of methoxy groups -OCH3 is 1. The monoisotopic (exact) mass is 502 g/mol. The van der Waals surface area contributed by atoms with Crippen molar-refractivity contribution in [3.05, 3.63) is 36.4 Å². The van der Waals surface area contributed by atoms with E-state index in [4.69, 9.17) is 9.47 Å². The van der Waals surface area contributed by atoms with Crippen molar-refractivity contribution in [2.24, 2.45) is 4.99 Å². The van der Waals surface area contributed by atoms with Crippen molar-refractivity contribution >= 4 is 29.9 Å². The summed E-state index contributed by atoms with van der Waals surface area (Å²) in [7, 11) is 1.65. The first-order valence-electron chi connectivity index (χ1n) is 9.42. The van der Waals surface area contributed by atoms with Gasteiger partial charge >= 0.3 is 0 Å². The van der Waals surface area contributed by atoms with Gasteiger partial charge in [-0.3, -0.25) is 4.99 Å². The van der Waals surface area contributed by atoms with Gasteiger partial charge in [-0.25, -0.2) is 0 Å². The van der Waals surface area contributed by atoms with Gasteiger partial charge < -0.3 is 24.7 Å². The molecule has 0 bridgehead atoms. The largest absolute Gasteiger partial charge is 0.497 e. The lowest BCUT2D eigenvalue weighted by atomic mass is 10.3. The molecule has 8 nitrogen and oxygen atoms in total. The Morgan fingerprint density at radius 1 is 1.21 bits per heavy atom. The summed E-state index contributed by atoms with van der Waals surface area (Å²) in [6, 6.07) is 7.62. The predicted molar refractivity (Wildman–Crippen MR) is 122 cm³/mol. The van der Waals surface area contributed by atoms with Crippen LogP contribution in [0.25, 0.3) is 0 Å². The standard InChI is InChI=1S/C19H30N6O2.HI/c1-4-18-24-23-15-25(18)12-11-22-19(20-5-2)21-10-7-13-27-17-9-6-8-16(14-17)26-3;/h6,8-9,14-15H,4-5,7,10-13H2,1-3H3,(H2,20,21,22);1H. The first kappa shape index (κ1) is 24.0. The summed E-state index contributed by atoms with van der Waals surface area (Å²) < 4.78 is 13.0. The van der Waals surface area contributed by atoms with E-state index in [0.29, 0.717) is 13.2 Å². The fraction of sp³-hybridized carbons (Fsp3) is 0.526. The summed E-state index contributed by atoms with van der Waals surface area (Å²) in [6.07, 6.45) is 3.47. The lowest BCUT2D eigenvalue weighted by molar-refractivity contribution is 0.311. The molecule has 2 aromatic rings. The van der Waals surface area contributed by atoms with Gasteiger partial charge in [0.15, 0.2) is 5.96 Å². The molecule has 0 unspecified atom stereocenters. The maximum Gasteiger partial charge on any atom is 0.191 e. The third-order valence-corrected chi connectivity index (χ3v) is 3.88. The third-order valence-electron chi connectivity index (χ3n) is 3.88. The Hall–Kier alpha value is -2.04. The molecule has 1 aromatic carbocycles. The molecule has 0 radical (unpaired) electrons. The maximum atomic E-state index is 5.74. The van der Waals surface area contributed by atoms with Crippen LogP contribution in [0.3, 0.4) is 0 Å². The van der Waals surface area contributed by atoms with Crippen LogP contribution in [-0.4, -0.2) is 54.1 Å². The molecule has 0 aliphatic rings. The lowest BCUT2D eigenvalue weighted by Gasteiger charge is -2.12. The van der Waals surface area contributed by atoms with Crippen LogP contribution in [0.1, 0.15) is 26.1 Å². The average molecular weight is 502 g/mol. The highest BCUT2D eigenvalue weighted by atomic mass is 127. The maximum absolute atomic E-state index is 5.74. The van der Waals surface area contributed by atoms with Gasteiger partial charge in [0.25, 0.3) is 0 Å². The minimum absolute atomic E-state index is 0. The summed E-state index contributed by atoms with van der Waals surface area (Å²) >= 11 is 0. The first-order valence-corrected chi connectivity index (χ1v) is 9.42. The van der Waals surface area contributed by atoms with Gasteiger partial charge in [0, 0.05) is 45.1 Å². The van der Waals surface area contributed by atoms with E-state index in [1.807, 2.05) is 24.3 Å². The number of benzene rings is 1. The Morgan fingerprint density at radius 2 is 2.04 bits per heavy atom.